The molecule has 4 rings (SSSR count). The Morgan fingerprint density at radius 2 is 1.97 bits per heavy atom. The molecule has 6 nitrogen and oxygen atoms in total. The number of nitrogens with one attached hydrogen (secondary N) is 1. The summed E-state index contributed by atoms with van der Waals surface area (Å²) in [5.41, 5.74) is 3.85. The van der Waals surface area contributed by atoms with Crippen molar-refractivity contribution in [2.75, 3.05) is 13.7 Å². The lowest BCUT2D eigenvalue weighted by Gasteiger charge is -2.36. The van der Waals surface area contributed by atoms with Gasteiger partial charge in [-0.05, 0) is 43.8 Å². The van der Waals surface area contributed by atoms with Crippen LogP contribution in [0.1, 0.15) is 31.3 Å². The second-order valence-electron chi connectivity index (χ2n) is 6.69. The van der Waals surface area contributed by atoms with Crippen LogP contribution in [-0.2, 0) is 0 Å². The fraction of sp³-hybridized carbons (Fsp3) is 0.227. The maximum atomic E-state index is 5.71. The number of hydrogen-bond acceptors (Lipinski definition) is 5. The third-order valence-corrected chi connectivity index (χ3v) is 5.37. The van der Waals surface area contributed by atoms with Crippen LogP contribution in [0.25, 0.3) is 17.0 Å². The zero-order chi connectivity index (χ0) is 20.4. The molecule has 0 radical (unpaired) electrons. The predicted molar refractivity (Wildman–Crippen MR) is 116 cm³/mol. The molecule has 0 spiro atoms. The van der Waals surface area contributed by atoms with Crippen LogP contribution in [-0.4, -0.2) is 33.8 Å². The smallest absolute Gasteiger partial charge is 0.258 e. The van der Waals surface area contributed by atoms with Gasteiger partial charge in [0.2, 0.25) is 5.82 Å². The van der Waals surface area contributed by atoms with Crippen molar-refractivity contribution in [1.29, 1.82) is 0 Å². The molecule has 148 valence electrons. The van der Waals surface area contributed by atoms with E-state index < -0.39 is 0 Å². The van der Waals surface area contributed by atoms with Gasteiger partial charge in [-0.25, -0.2) is 0 Å². The average molecular weight is 407 g/mol. The maximum Gasteiger partial charge on any atom is 0.258 e. The van der Waals surface area contributed by atoms with Crippen molar-refractivity contribution < 1.29 is 9.26 Å². The Hall–Kier alpha value is -3.19. The molecule has 1 atom stereocenters. The molecule has 0 fully saturated rings. The Bertz CT molecular complexity index is 1060. The van der Waals surface area contributed by atoms with Gasteiger partial charge in [-0.2, -0.15) is 4.98 Å². The number of aromatic nitrogens is 2. The first-order valence-electron chi connectivity index (χ1n) is 9.44. The van der Waals surface area contributed by atoms with Gasteiger partial charge < -0.3 is 19.5 Å². The summed E-state index contributed by atoms with van der Waals surface area (Å²) in [7, 11) is 1.63. The van der Waals surface area contributed by atoms with Crippen molar-refractivity contribution in [3.63, 3.8) is 0 Å². The van der Waals surface area contributed by atoms with E-state index in [9.17, 15) is 0 Å². The maximum absolute atomic E-state index is 5.71. The van der Waals surface area contributed by atoms with Gasteiger partial charge in [-0.1, -0.05) is 47.6 Å². The lowest BCUT2D eigenvalue weighted by Crippen LogP contribution is -2.45. The molecule has 2 aromatic carbocycles. The van der Waals surface area contributed by atoms with E-state index in [0.717, 1.165) is 34.7 Å². The first kappa shape index (κ1) is 19.1. The van der Waals surface area contributed by atoms with Gasteiger partial charge in [-0.15, -0.1) is 0 Å². The molecule has 1 unspecified atom stereocenters. The molecule has 2 heterocycles. The summed E-state index contributed by atoms with van der Waals surface area (Å²) in [6.45, 7) is 4.85. The number of allylic oxidation sites excluding steroid dienone is 1. The van der Waals surface area contributed by atoms with Gasteiger partial charge in [0.15, 0.2) is 5.11 Å². The molecule has 1 aliphatic rings. The zero-order valence-electron chi connectivity index (χ0n) is 16.5. The van der Waals surface area contributed by atoms with Gasteiger partial charge in [0.25, 0.3) is 5.89 Å². The van der Waals surface area contributed by atoms with Gasteiger partial charge in [-0.3, -0.25) is 0 Å². The average Bonchev–Trinajstić information content (AvgIpc) is 3.24. The largest absolute Gasteiger partial charge is 0.497 e. The van der Waals surface area contributed by atoms with Crippen LogP contribution in [0.3, 0.4) is 0 Å². The van der Waals surface area contributed by atoms with E-state index in [1.54, 1.807) is 7.11 Å². The number of nitrogens with zero attached hydrogens (tertiary/aromatic N) is 3. The summed E-state index contributed by atoms with van der Waals surface area (Å²) in [5.74, 6) is 1.73. The summed E-state index contributed by atoms with van der Waals surface area (Å²) in [6, 6.07) is 17.6. The van der Waals surface area contributed by atoms with E-state index in [4.69, 9.17) is 26.5 Å². The van der Waals surface area contributed by atoms with Crippen LogP contribution in [0.5, 0.6) is 5.75 Å². The molecular formula is C22H22N4O2S. The summed E-state index contributed by atoms with van der Waals surface area (Å²) >= 11 is 5.59. The van der Waals surface area contributed by atoms with Crippen molar-refractivity contribution in [2.45, 2.75) is 19.9 Å². The van der Waals surface area contributed by atoms with Crippen LogP contribution in [0.15, 0.2) is 64.8 Å². The molecule has 0 amide bonds. The molecule has 0 saturated carbocycles. The van der Waals surface area contributed by atoms with Crippen LogP contribution >= 0.6 is 12.2 Å². The van der Waals surface area contributed by atoms with Crippen molar-refractivity contribution in [3.8, 4) is 17.1 Å². The van der Waals surface area contributed by atoms with Gasteiger partial charge in [0.1, 0.15) is 5.75 Å². The van der Waals surface area contributed by atoms with E-state index in [1.807, 2.05) is 54.3 Å². The highest BCUT2D eigenvalue weighted by Gasteiger charge is 2.33. The van der Waals surface area contributed by atoms with Crippen LogP contribution in [0, 0.1) is 0 Å². The van der Waals surface area contributed by atoms with Crippen molar-refractivity contribution in [2.24, 2.45) is 0 Å². The summed E-state index contributed by atoms with van der Waals surface area (Å²) in [4.78, 5) is 6.74. The molecule has 1 aliphatic heterocycles. The first-order valence-corrected chi connectivity index (χ1v) is 9.85. The first-order chi connectivity index (χ1) is 14.1. The van der Waals surface area contributed by atoms with Gasteiger partial charge >= 0.3 is 0 Å². The number of methoxy groups -OCH3 is 1. The molecule has 1 aromatic heterocycles. The van der Waals surface area contributed by atoms with Crippen LogP contribution in [0.2, 0.25) is 0 Å². The SMILES string of the molecule is CCN1C(=S)NC(c2ccccc2)C(c2nc(-c3cccc(OC)c3)no2)=C1C. The Balaban J connectivity index is 1.80. The highest BCUT2D eigenvalue weighted by molar-refractivity contribution is 7.80. The number of ether oxygens (including phenoxy) is 1. The third kappa shape index (κ3) is 3.61. The number of benzene rings is 2. The minimum atomic E-state index is -0.162. The lowest BCUT2D eigenvalue weighted by atomic mass is 9.95. The van der Waals surface area contributed by atoms with E-state index in [1.165, 1.54) is 0 Å². The Morgan fingerprint density at radius 3 is 2.69 bits per heavy atom. The number of hydrogen-bond donors (Lipinski definition) is 1. The molecule has 1 N–H and O–H groups in total. The highest BCUT2D eigenvalue weighted by Crippen LogP contribution is 2.37. The van der Waals surface area contributed by atoms with Crippen LogP contribution in [0.4, 0.5) is 0 Å². The Kier molecular flexibility index (Phi) is 5.31. The number of rotatable bonds is 5. The third-order valence-electron chi connectivity index (χ3n) is 5.03. The zero-order valence-corrected chi connectivity index (χ0v) is 17.4. The summed E-state index contributed by atoms with van der Waals surface area (Å²) in [6.07, 6.45) is 0. The highest BCUT2D eigenvalue weighted by atomic mass is 32.1. The van der Waals surface area contributed by atoms with E-state index >= 15 is 0 Å². The second-order valence-corrected chi connectivity index (χ2v) is 7.08. The molecule has 7 heteroatoms. The van der Waals surface area contributed by atoms with Gasteiger partial charge in [0.05, 0.1) is 18.7 Å². The van der Waals surface area contributed by atoms with Crippen molar-refractivity contribution in [1.82, 2.24) is 20.4 Å². The molecule has 0 aliphatic carbocycles. The molecule has 3 aromatic rings. The fourth-order valence-corrected chi connectivity index (χ4v) is 3.93. The van der Waals surface area contributed by atoms with Gasteiger partial charge in [0, 0.05) is 17.8 Å². The second kappa shape index (κ2) is 8.05. The lowest BCUT2D eigenvalue weighted by molar-refractivity contribution is 0.398. The predicted octanol–water partition coefficient (Wildman–Crippen LogP) is 4.43. The standard InChI is InChI=1S/C22H22N4O2S/c1-4-26-14(2)18(19(23-22(26)29)15-9-6-5-7-10-15)21-24-20(25-28-21)16-11-8-12-17(13-16)27-3/h5-13,19H,4H2,1-3H3,(H,23,29). The number of thiocarbonyl (C=S) groups is 1. The van der Waals surface area contributed by atoms with Crippen molar-refractivity contribution >= 4 is 22.9 Å². The Morgan fingerprint density at radius 1 is 1.17 bits per heavy atom. The topological polar surface area (TPSA) is 63.4 Å². The van der Waals surface area contributed by atoms with E-state index in [0.29, 0.717) is 16.8 Å². The molecule has 0 bridgehead atoms. The van der Waals surface area contributed by atoms with E-state index in [2.05, 4.69) is 29.5 Å². The minimum absolute atomic E-state index is 0.162. The quantitative estimate of drug-likeness (QED) is 0.629. The summed E-state index contributed by atoms with van der Waals surface area (Å²) < 4.78 is 11.0. The normalized spacial score (nSPS) is 16.7. The van der Waals surface area contributed by atoms with Crippen LogP contribution < -0.4 is 10.1 Å². The van der Waals surface area contributed by atoms with Crippen molar-refractivity contribution in [3.05, 3.63) is 71.7 Å². The molecular weight excluding hydrogens is 384 g/mol. The Labute approximate surface area is 175 Å². The summed E-state index contributed by atoms with van der Waals surface area (Å²) in [5, 5.41) is 8.34. The molecule has 0 saturated heterocycles. The minimum Gasteiger partial charge on any atom is -0.497 e. The fourth-order valence-electron chi connectivity index (χ4n) is 3.55. The van der Waals surface area contributed by atoms with E-state index in [-0.39, 0.29) is 6.04 Å². The molecule has 29 heavy (non-hydrogen) atoms. The monoisotopic (exact) mass is 406 g/mol.